The van der Waals surface area contributed by atoms with E-state index in [9.17, 15) is 10.1 Å². The third-order valence-corrected chi connectivity index (χ3v) is 2.62. The molecule has 0 amide bonds. The van der Waals surface area contributed by atoms with Crippen molar-refractivity contribution in [2.24, 2.45) is 0 Å². The molecule has 2 rings (SSSR count). The summed E-state index contributed by atoms with van der Waals surface area (Å²) in [6, 6.07) is 6.72. The monoisotopic (exact) mass is 259 g/mol. The topological polar surface area (TPSA) is 98.2 Å². The molecule has 7 nitrogen and oxygen atoms in total. The van der Waals surface area contributed by atoms with Crippen molar-refractivity contribution in [2.75, 3.05) is 17.7 Å². The molecule has 0 saturated carbocycles. The largest absolute Gasteiger partial charge is 0.378 e. The van der Waals surface area contributed by atoms with Crippen LogP contribution in [0.25, 0.3) is 0 Å². The number of nitro groups is 1. The molecule has 0 atom stereocenters. The van der Waals surface area contributed by atoms with Crippen LogP contribution in [0.2, 0.25) is 0 Å². The number of hydrogen-bond acceptors (Lipinski definition) is 6. The Hall–Kier alpha value is -2.70. The van der Waals surface area contributed by atoms with Crippen LogP contribution < -0.4 is 10.6 Å². The first kappa shape index (κ1) is 12.7. The molecule has 0 fully saturated rings. The minimum atomic E-state index is -0.548. The molecule has 19 heavy (non-hydrogen) atoms. The lowest BCUT2D eigenvalue weighted by atomic mass is 10.2. The fraction of sp³-hybridized carbons (Fsp3) is 0.167. The third-order valence-electron chi connectivity index (χ3n) is 2.62. The predicted octanol–water partition coefficient (Wildman–Crippen LogP) is 1.60. The van der Waals surface area contributed by atoms with Gasteiger partial charge in [-0.05, 0) is 17.7 Å². The van der Waals surface area contributed by atoms with E-state index in [1.807, 2.05) is 24.1 Å². The van der Waals surface area contributed by atoms with E-state index in [1.165, 1.54) is 6.07 Å². The molecule has 0 bridgehead atoms. The summed E-state index contributed by atoms with van der Waals surface area (Å²) < 4.78 is 0. The van der Waals surface area contributed by atoms with Crippen molar-refractivity contribution in [3.8, 4) is 0 Å². The SMILES string of the molecule is CN(Cc1cccnc1)c1ccc([N+](=O)[O-])c(N)n1. The van der Waals surface area contributed by atoms with Crippen molar-refractivity contribution in [3.05, 3.63) is 52.3 Å². The second-order valence-electron chi connectivity index (χ2n) is 4.05. The maximum Gasteiger partial charge on any atom is 0.311 e. The standard InChI is InChI=1S/C12H13N5O2/c1-16(8-9-3-2-6-14-7-9)11-5-4-10(17(18)19)12(13)15-11/h2-7H,8H2,1H3,(H2,13,15). The molecular formula is C12H13N5O2. The Morgan fingerprint density at radius 3 is 2.79 bits per heavy atom. The lowest BCUT2D eigenvalue weighted by Gasteiger charge is -2.18. The van der Waals surface area contributed by atoms with Gasteiger partial charge in [-0.25, -0.2) is 4.98 Å². The predicted molar refractivity (Wildman–Crippen MR) is 71.6 cm³/mol. The molecule has 0 radical (unpaired) electrons. The number of hydrogen-bond donors (Lipinski definition) is 1. The van der Waals surface area contributed by atoms with Crippen LogP contribution in [0.5, 0.6) is 0 Å². The molecule has 2 N–H and O–H groups in total. The van der Waals surface area contributed by atoms with Gasteiger partial charge < -0.3 is 10.6 Å². The first-order valence-corrected chi connectivity index (χ1v) is 5.59. The summed E-state index contributed by atoms with van der Waals surface area (Å²) in [5, 5.41) is 10.7. The Kier molecular flexibility index (Phi) is 3.56. The maximum atomic E-state index is 10.7. The molecule has 0 spiro atoms. The molecule has 0 saturated heterocycles. The minimum Gasteiger partial charge on any atom is -0.378 e. The molecule has 0 aromatic carbocycles. The van der Waals surface area contributed by atoms with Crippen molar-refractivity contribution in [3.63, 3.8) is 0 Å². The number of aromatic nitrogens is 2. The number of nitrogens with zero attached hydrogens (tertiary/aromatic N) is 4. The third kappa shape index (κ3) is 2.95. The van der Waals surface area contributed by atoms with Gasteiger partial charge in [-0.1, -0.05) is 6.07 Å². The number of rotatable bonds is 4. The summed E-state index contributed by atoms with van der Waals surface area (Å²) in [5.41, 5.74) is 6.40. The Bertz CT molecular complexity index is 588. The highest BCUT2D eigenvalue weighted by atomic mass is 16.6. The highest BCUT2D eigenvalue weighted by Gasteiger charge is 2.14. The highest BCUT2D eigenvalue weighted by molar-refractivity contribution is 5.57. The molecule has 7 heteroatoms. The Morgan fingerprint density at radius 2 is 2.21 bits per heavy atom. The summed E-state index contributed by atoms with van der Waals surface area (Å²) >= 11 is 0. The molecular weight excluding hydrogens is 246 g/mol. The molecule has 2 heterocycles. The van der Waals surface area contributed by atoms with Gasteiger partial charge in [-0.2, -0.15) is 0 Å². The van der Waals surface area contributed by atoms with Crippen molar-refractivity contribution in [1.82, 2.24) is 9.97 Å². The maximum absolute atomic E-state index is 10.7. The zero-order valence-corrected chi connectivity index (χ0v) is 10.4. The van der Waals surface area contributed by atoms with Gasteiger partial charge in [-0.15, -0.1) is 0 Å². The molecule has 98 valence electrons. The van der Waals surface area contributed by atoms with Crippen LogP contribution in [-0.2, 0) is 6.54 Å². The second kappa shape index (κ2) is 5.30. The number of pyridine rings is 2. The van der Waals surface area contributed by atoms with Crippen LogP contribution in [0.3, 0.4) is 0 Å². The average molecular weight is 259 g/mol. The number of anilines is 2. The van der Waals surface area contributed by atoms with Crippen LogP contribution in [0.1, 0.15) is 5.56 Å². The highest BCUT2D eigenvalue weighted by Crippen LogP contribution is 2.23. The van der Waals surface area contributed by atoms with Gasteiger partial charge in [0.1, 0.15) is 5.82 Å². The minimum absolute atomic E-state index is 0.0828. The molecule has 2 aromatic rings. The van der Waals surface area contributed by atoms with E-state index in [2.05, 4.69) is 9.97 Å². The van der Waals surface area contributed by atoms with Gasteiger partial charge in [0.25, 0.3) is 0 Å². The van der Waals surface area contributed by atoms with E-state index in [0.717, 1.165) is 5.56 Å². The number of nitrogen functional groups attached to an aromatic ring is 1. The Balaban J connectivity index is 2.18. The van der Waals surface area contributed by atoms with Crippen molar-refractivity contribution in [1.29, 1.82) is 0 Å². The van der Waals surface area contributed by atoms with E-state index in [4.69, 9.17) is 5.73 Å². The first-order chi connectivity index (χ1) is 9.08. The summed E-state index contributed by atoms with van der Waals surface area (Å²) in [6.45, 7) is 0.595. The van der Waals surface area contributed by atoms with Crippen LogP contribution in [0, 0.1) is 10.1 Å². The van der Waals surface area contributed by atoms with E-state index < -0.39 is 4.92 Å². The molecule has 0 aliphatic heterocycles. The van der Waals surface area contributed by atoms with Crippen LogP contribution in [0.4, 0.5) is 17.3 Å². The second-order valence-corrected chi connectivity index (χ2v) is 4.05. The van der Waals surface area contributed by atoms with Crippen LogP contribution >= 0.6 is 0 Å². The summed E-state index contributed by atoms with van der Waals surface area (Å²) in [7, 11) is 1.83. The van der Waals surface area contributed by atoms with Crippen LogP contribution in [0.15, 0.2) is 36.7 Å². The summed E-state index contributed by atoms with van der Waals surface area (Å²) in [4.78, 5) is 20.0. The van der Waals surface area contributed by atoms with Crippen molar-refractivity contribution < 1.29 is 4.92 Å². The van der Waals surface area contributed by atoms with Gasteiger partial charge in [0.15, 0.2) is 0 Å². The van der Waals surface area contributed by atoms with E-state index in [1.54, 1.807) is 18.5 Å². The Morgan fingerprint density at radius 1 is 1.42 bits per heavy atom. The first-order valence-electron chi connectivity index (χ1n) is 5.59. The average Bonchev–Trinajstić information content (AvgIpc) is 2.39. The number of nitrogens with two attached hydrogens (primary N) is 1. The lowest BCUT2D eigenvalue weighted by molar-refractivity contribution is -0.384. The zero-order valence-electron chi connectivity index (χ0n) is 10.4. The van der Waals surface area contributed by atoms with Crippen molar-refractivity contribution >= 4 is 17.3 Å². The smallest absolute Gasteiger partial charge is 0.311 e. The molecule has 0 aliphatic rings. The van der Waals surface area contributed by atoms with E-state index in [0.29, 0.717) is 12.4 Å². The fourth-order valence-corrected chi connectivity index (χ4v) is 1.67. The van der Waals surface area contributed by atoms with Gasteiger partial charge in [0, 0.05) is 32.1 Å². The zero-order chi connectivity index (χ0) is 13.8. The van der Waals surface area contributed by atoms with Gasteiger partial charge in [0.2, 0.25) is 5.82 Å². The quantitative estimate of drug-likeness (QED) is 0.661. The van der Waals surface area contributed by atoms with Gasteiger partial charge in [0.05, 0.1) is 4.92 Å². The normalized spacial score (nSPS) is 10.2. The van der Waals surface area contributed by atoms with E-state index >= 15 is 0 Å². The summed E-state index contributed by atoms with van der Waals surface area (Å²) in [6.07, 6.45) is 3.46. The molecule has 2 aromatic heterocycles. The molecule has 0 unspecified atom stereocenters. The summed E-state index contributed by atoms with van der Waals surface area (Å²) in [5.74, 6) is 0.493. The van der Waals surface area contributed by atoms with Crippen molar-refractivity contribution in [2.45, 2.75) is 6.54 Å². The van der Waals surface area contributed by atoms with Crippen LogP contribution in [-0.4, -0.2) is 21.9 Å². The van der Waals surface area contributed by atoms with E-state index in [-0.39, 0.29) is 11.5 Å². The Labute approximate surface area is 109 Å². The van der Waals surface area contributed by atoms with Gasteiger partial charge in [-0.3, -0.25) is 15.1 Å². The molecule has 0 aliphatic carbocycles. The van der Waals surface area contributed by atoms with Gasteiger partial charge >= 0.3 is 5.69 Å². The fourth-order valence-electron chi connectivity index (χ4n) is 1.67. The lowest BCUT2D eigenvalue weighted by Crippen LogP contribution is -2.18.